The number of aryl methyl sites for hydroxylation is 1. The van der Waals surface area contributed by atoms with Crippen LogP contribution in [0.5, 0.6) is 0 Å². The van der Waals surface area contributed by atoms with E-state index in [4.69, 9.17) is 9.05 Å². The Kier molecular flexibility index (Phi) is 2.51. The molecule has 0 amide bonds. The van der Waals surface area contributed by atoms with E-state index in [1.807, 2.05) is 6.92 Å². The van der Waals surface area contributed by atoms with Gasteiger partial charge in [-0.25, -0.2) is 0 Å². The first kappa shape index (κ1) is 9.85. The zero-order valence-electron chi connectivity index (χ0n) is 8.47. The van der Waals surface area contributed by atoms with Crippen LogP contribution in [0.2, 0.25) is 0 Å². The molecule has 6 nitrogen and oxygen atoms in total. The van der Waals surface area contributed by atoms with Gasteiger partial charge in [0.25, 0.3) is 5.89 Å². The smallest absolute Gasteiger partial charge is 0.263 e. The summed E-state index contributed by atoms with van der Waals surface area (Å²) >= 11 is 0. The topological polar surface area (TPSA) is 85.2 Å². The Morgan fingerprint density at radius 2 is 2.27 bits per heavy atom. The van der Waals surface area contributed by atoms with Gasteiger partial charge in [0.2, 0.25) is 5.82 Å². The molecule has 2 rings (SSSR count). The number of rotatable bonds is 3. The summed E-state index contributed by atoms with van der Waals surface area (Å²) in [5.41, 5.74) is 0.650. The number of hydrogen-bond donors (Lipinski definition) is 1. The van der Waals surface area contributed by atoms with Gasteiger partial charge in [0.05, 0.1) is 6.20 Å². The summed E-state index contributed by atoms with van der Waals surface area (Å²) in [6.07, 6.45) is 1.36. The third-order valence-corrected chi connectivity index (χ3v) is 2.11. The molecule has 0 aromatic carbocycles. The fourth-order valence-corrected chi connectivity index (χ4v) is 1.17. The first-order chi connectivity index (χ1) is 7.22. The molecule has 80 valence electrons. The maximum atomic E-state index is 9.49. The second-order valence-corrected chi connectivity index (χ2v) is 3.18. The van der Waals surface area contributed by atoms with E-state index >= 15 is 0 Å². The molecule has 0 saturated carbocycles. The Bertz CT molecular complexity index is 449. The lowest BCUT2D eigenvalue weighted by Crippen LogP contribution is -1.97. The minimum absolute atomic E-state index is 0.285. The Morgan fingerprint density at radius 1 is 1.47 bits per heavy atom. The van der Waals surface area contributed by atoms with Gasteiger partial charge in [0.15, 0.2) is 0 Å². The summed E-state index contributed by atoms with van der Waals surface area (Å²) in [6.45, 7) is 3.59. The van der Waals surface area contributed by atoms with Gasteiger partial charge in [0.1, 0.15) is 17.4 Å². The molecule has 6 heteroatoms. The van der Waals surface area contributed by atoms with E-state index in [2.05, 4.69) is 15.3 Å². The van der Waals surface area contributed by atoms with Crippen molar-refractivity contribution < 1.29 is 14.2 Å². The minimum Gasteiger partial charge on any atom is -0.385 e. The molecule has 0 bridgehead atoms. The Labute approximate surface area is 85.9 Å². The lowest BCUT2D eigenvalue weighted by Gasteiger charge is -1.97. The van der Waals surface area contributed by atoms with Gasteiger partial charge >= 0.3 is 0 Å². The lowest BCUT2D eigenvalue weighted by molar-refractivity contribution is 0.159. The van der Waals surface area contributed by atoms with Crippen molar-refractivity contribution in [1.82, 2.24) is 15.3 Å². The largest absolute Gasteiger partial charge is 0.385 e. The highest BCUT2D eigenvalue weighted by Gasteiger charge is 2.17. The molecule has 0 fully saturated rings. The molecule has 0 aliphatic rings. The van der Waals surface area contributed by atoms with Crippen LogP contribution in [0.25, 0.3) is 11.5 Å². The van der Waals surface area contributed by atoms with Crippen LogP contribution >= 0.6 is 0 Å². The van der Waals surface area contributed by atoms with E-state index in [-0.39, 0.29) is 5.82 Å². The molecule has 2 heterocycles. The fraction of sp³-hybridized carbons (Fsp3) is 0.444. The molecule has 1 unspecified atom stereocenters. The quantitative estimate of drug-likeness (QED) is 0.823. The molecule has 0 aliphatic heterocycles. The van der Waals surface area contributed by atoms with Crippen molar-refractivity contribution in [3.63, 3.8) is 0 Å². The van der Waals surface area contributed by atoms with Gasteiger partial charge < -0.3 is 14.2 Å². The Morgan fingerprint density at radius 3 is 2.87 bits per heavy atom. The molecule has 2 aromatic rings. The van der Waals surface area contributed by atoms with Crippen LogP contribution in [-0.4, -0.2) is 20.4 Å². The van der Waals surface area contributed by atoms with Crippen molar-refractivity contribution in [2.24, 2.45) is 0 Å². The predicted molar refractivity (Wildman–Crippen MR) is 49.8 cm³/mol. The second kappa shape index (κ2) is 3.82. The van der Waals surface area contributed by atoms with Crippen molar-refractivity contribution in [3.05, 3.63) is 17.8 Å². The number of aliphatic hydroxyl groups is 1. The van der Waals surface area contributed by atoms with Gasteiger partial charge in [-0.1, -0.05) is 17.2 Å². The van der Waals surface area contributed by atoms with Crippen LogP contribution in [0, 0.1) is 6.92 Å². The molecule has 2 aromatic heterocycles. The first-order valence-electron chi connectivity index (χ1n) is 4.65. The lowest BCUT2D eigenvalue weighted by atomic mass is 10.2. The average Bonchev–Trinajstić information content (AvgIpc) is 2.84. The van der Waals surface area contributed by atoms with Crippen LogP contribution in [0.1, 0.15) is 31.0 Å². The van der Waals surface area contributed by atoms with Gasteiger partial charge in [0, 0.05) is 0 Å². The zero-order valence-corrected chi connectivity index (χ0v) is 8.47. The third-order valence-electron chi connectivity index (χ3n) is 2.11. The summed E-state index contributed by atoms with van der Waals surface area (Å²) in [6, 6.07) is 0. The molecule has 1 atom stereocenters. The highest BCUT2D eigenvalue weighted by molar-refractivity contribution is 5.53. The number of hydrogen-bond acceptors (Lipinski definition) is 6. The summed E-state index contributed by atoms with van der Waals surface area (Å²) in [5, 5.41) is 16.8. The van der Waals surface area contributed by atoms with Crippen LogP contribution in [0.3, 0.4) is 0 Å². The van der Waals surface area contributed by atoms with E-state index in [0.29, 0.717) is 23.6 Å². The van der Waals surface area contributed by atoms with Gasteiger partial charge in [-0.3, -0.25) is 0 Å². The molecule has 0 aliphatic carbocycles. The fourth-order valence-electron chi connectivity index (χ4n) is 1.17. The maximum Gasteiger partial charge on any atom is 0.263 e. The Balaban J connectivity index is 2.32. The number of aromatic nitrogens is 3. The SMILES string of the molecule is CCC(O)c1noc(-c2cnoc2C)n1. The second-order valence-electron chi connectivity index (χ2n) is 3.18. The Hall–Kier alpha value is -1.69. The minimum atomic E-state index is -0.692. The predicted octanol–water partition coefficient (Wildman–Crippen LogP) is 1.48. The van der Waals surface area contributed by atoms with Gasteiger partial charge in [-0.2, -0.15) is 4.98 Å². The number of nitrogens with zero attached hydrogens (tertiary/aromatic N) is 3. The molecule has 0 saturated heterocycles. The molecular weight excluding hydrogens is 198 g/mol. The summed E-state index contributed by atoms with van der Waals surface area (Å²) in [5.74, 6) is 1.21. The van der Waals surface area contributed by atoms with E-state index in [9.17, 15) is 5.11 Å². The van der Waals surface area contributed by atoms with E-state index in [1.54, 1.807) is 6.92 Å². The normalized spacial score (nSPS) is 13.0. The zero-order chi connectivity index (χ0) is 10.8. The van der Waals surface area contributed by atoms with E-state index < -0.39 is 6.10 Å². The first-order valence-corrected chi connectivity index (χ1v) is 4.65. The van der Waals surface area contributed by atoms with Crippen LogP contribution in [0.4, 0.5) is 0 Å². The molecule has 0 spiro atoms. The summed E-state index contributed by atoms with van der Waals surface area (Å²) < 4.78 is 9.87. The van der Waals surface area contributed by atoms with E-state index in [1.165, 1.54) is 6.20 Å². The highest BCUT2D eigenvalue weighted by Crippen LogP contribution is 2.22. The van der Waals surface area contributed by atoms with Crippen molar-refractivity contribution in [2.45, 2.75) is 26.4 Å². The van der Waals surface area contributed by atoms with Crippen LogP contribution in [-0.2, 0) is 0 Å². The van der Waals surface area contributed by atoms with Gasteiger partial charge in [-0.05, 0) is 13.3 Å². The summed E-state index contributed by atoms with van der Waals surface area (Å²) in [4.78, 5) is 4.06. The molecule has 15 heavy (non-hydrogen) atoms. The van der Waals surface area contributed by atoms with Crippen molar-refractivity contribution >= 4 is 0 Å². The van der Waals surface area contributed by atoms with E-state index in [0.717, 1.165) is 0 Å². The van der Waals surface area contributed by atoms with Crippen molar-refractivity contribution in [3.8, 4) is 11.5 Å². The van der Waals surface area contributed by atoms with Crippen molar-refractivity contribution in [2.75, 3.05) is 0 Å². The standard InChI is InChI=1S/C9H11N3O3/c1-3-7(13)8-11-9(15-12-8)6-4-10-14-5(6)2/h4,7,13H,3H2,1-2H3. The van der Waals surface area contributed by atoms with Gasteiger partial charge in [-0.15, -0.1) is 0 Å². The molecule has 1 N–H and O–H groups in total. The summed E-state index contributed by atoms with van der Waals surface area (Å²) in [7, 11) is 0. The van der Waals surface area contributed by atoms with Crippen molar-refractivity contribution in [1.29, 1.82) is 0 Å². The highest BCUT2D eigenvalue weighted by atomic mass is 16.5. The van der Waals surface area contributed by atoms with Crippen LogP contribution in [0.15, 0.2) is 15.2 Å². The van der Waals surface area contributed by atoms with Crippen LogP contribution < -0.4 is 0 Å². The third kappa shape index (κ3) is 1.75. The maximum absolute atomic E-state index is 9.49. The number of aliphatic hydroxyl groups excluding tert-OH is 1. The molecule has 0 radical (unpaired) electrons. The molecular formula is C9H11N3O3. The average molecular weight is 209 g/mol. The monoisotopic (exact) mass is 209 g/mol.